The van der Waals surface area contributed by atoms with Gasteiger partial charge in [-0.3, -0.25) is 9.10 Å². The van der Waals surface area contributed by atoms with Crippen LogP contribution in [0.25, 0.3) is 0 Å². The third-order valence-electron chi connectivity index (χ3n) is 5.64. The first-order valence-corrected chi connectivity index (χ1v) is 14.6. The van der Waals surface area contributed by atoms with Crippen molar-refractivity contribution >= 4 is 33.4 Å². The number of ether oxygens (including phenoxy) is 1. The average molecular weight is 527 g/mol. The minimum Gasteiger partial charge on any atom is -0.492 e. The third-order valence-corrected chi connectivity index (χ3v) is 8.50. The minimum atomic E-state index is -3.99. The zero-order valence-electron chi connectivity index (χ0n) is 21.1. The second-order valence-corrected chi connectivity index (χ2v) is 11.4. The van der Waals surface area contributed by atoms with Crippen LogP contribution in [-0.4, -0.2) is 39.8 Å². The molecule has 0 atom stereocenters. The molecule has 1 N–H and O–H groups in total. The van der Waals surface area contributed by atoms with E-state index in [2.05, 4.69) is 24.4 Å². The molecule has 0 aliphatic carbocycles. The van der Waals surface area contributed by atoms with E-state index in [4.69, 9.17) is 4.74 Å². The summed E-state index contributed by atoms with van der Waals surface area (Å²) in [5.74, 6) is 1.88. The molecule has 0 spiro atoms. The van der Waals surface area contributed by atoms with Gasteiger partial charge in [-0.2, -0.15) is 11.8 Å². The fraction of sp³-hybridized carbons (Fsp3) is 0.321. The Morgan fingerprint density at radius 3 is 2.39 bits per heavy atom. The number of anilines is 1. The first-order valence-electron chi connectivity index (χ1n) is 12.0. The summed E-state index contributed by atoms with van der Waals surface area (Å²) < 4.78 is 34.0. The maximum absolute atomic E-state index is 13.6. The predicted octanol–water partition coefficient (Wildman–Crippen LogP) is 5.34. The number of carbonyl (C=O) groups excluding carboxylic acids is 1. The lowest BCUT2D eigenvalue weighted by atomic mass is 10.1. The molecular weight excluding hydrogens is 492 g/mol. The molecule has 0 radical (unpaired) electrons. The van der Waals surface area contributed by atoms with Crippen molar-refractivity contribution in [2.75, 3.05) is 29.8 Å². The van der Waals surface area contributed by atoms with Gasteiger partial charge >= 0.3 is 0 Å². The molecule has 3 aromatic rings. The fourth-order valence-electron chi connectivity index (χ4n) is 3.62. The lowest BCUT2D eigenvalue weighted by Crippen LogP contribution is -2.41. The van der Waals surface area contributed by atoms with E-state index >= 15 is 0 Å². The first-order chi connectivity index (χ1) is 17.3. The van der Waals surface area contributed by atoms with Crippen molar-refractivity contribution in [2.24, 2.45) is 0 Å². The SMILES string of the molecule is CCOc1ccccc1N(CC(=O)NCCCSCc1ccccc1C)S(=O)(=O)c1ccc(C)cc1. The van der Waals surface area contributed by atoms with Crippen LogP contribution in [0.15, 0.2) is 77.7 Å². The smallest absolute Gasteiger partial charge is 0.264 e. The van der Waals surface area contributed by atoms with E-state index in [-0.39, 0.29) is 17.3 Å². The number of hydrogen-bond donors (Lipinski definition) is 1. The van der Waals surface area contributed by atoms with E-state index in [9.17, 15) is 13.2 Å². The molecular formula is C28H34N2O4S2. The number of rotatable bonds is 13. The number of thioether (sulfide) groups is 1. The highest BCUT2D eigenvalue weighted by Gasteiger charge is 2.29. The van der Waals surface area contributed by atoms with Gasteiger partial charge in [0, 0.05) is 12.3 Å². The highest BCUT2D eigenvalue weighted by molar-refractivity contribution is 7.98. The molecule has 1 amide bonds. The zero-order chi connectivity index (χ0) is 26.0. The monoisotopic (exact) mass is 526 g/mol. The van der Waals surface area contributed by atoms with Crippen molar-refractivity contribution in [3.05, 3.63) is 89.5 Å². The van der Waals surface area contributed by atoms with Crippen molar-refractivity contribution in [1.82, 2.24) is 5.32 Å². The van der Waals surface area contributed by atoms with Crippen LogP contribution in [-0.2, 0) is 20.6 Å². The Kier molecular flexibility index (Phi) is 10.3. The molecule has 6 nitrogen and oxygen atoms in total. The topological polar surface area (TPSA) is 75.7 Å². The number of amides is 1. The highest BCUT2D eigenvalue weighted by Crippen LogP contribution is 2.32. The van der Waals surface area contributed by atoms with E-state index in [0.29, 0.717) is 24.6 Å². The number of carbonyl (C=O) groups is 1. The number of nitrogens with zero attached hydrogens (tertiary/aromatic N) is 1. The van der Waals surface area contributed by atoms with Gasteiger partial charge < -0.3 is 10.1 Å². The summed E-state index contributed by atoms with van der Waals surface area (Å²) in [5, 5.41) is 2.88. The molecule has 0 aromatic heterocycles. The van der Waals surface area contributed by atoms with Crippen molar-refractivity contribution in [3.8, 4) is 5.75 Å². The van der Waals surface area contributed by atoms with Crippen LogP contribution in [0.3, 0.4) is 0 Å². The number of benzene rings is 3. The second-order valence-electron chi connectivity index (χ2n) is 8.41. The number of sulfonamides is 1. The van der Waals surface area contributed by atoms with E-state index in [1.165, 1.54) is 11.1 Å². The summed E-state index contributed by atoms with van der Waals surface area (Å²) in [7, 11) is -3.99. The summed E-state index contributed by atoms with van der Waals surface area (Å²) in [4.78, 5) is 13.0. The fourth-order valence-corrected chi connectivity index (χ4v) is 6.09. The quantitative estimate of drug-likeness (QED) is 0.305. The standard InChI is InChI=1S/C28H34N2O4S2/c1-4-34-27-13-8-7-12-26(27)30(36(32,33)25-16-14-22(2)15-17-25)20-28(31)29-18-9-19-35-21-24-11-6-5-10-23(24)3/h5-8,10-17H,4,9,18-21H2,1-3H3,(H,29,31). The average Bonchev–Trinajstić information content (AvgIpc) is 2.86. The van der Waals surface area contributed by atoms with Crippen LogP contribution in [0.2, 0.25) is 0 Å². The molecule has 0 saturated heterocycles. The van der Waals surface area contributed by atoms with Crippen molar-refractivity contribution < 1.29 is 17.9 Å². The maximum Gasteiger partial charge on any atom is 0.264 e. The lowest BCUT2D eigenvalue weighted by Gasteiger charge is -2.26. The zero-order valence-corrected chi connectivity index (χ0v) is 22.7. The van der Waals surface area contributed by atoms with Gasteiger partial charge in [-0.15, -0.1) is 0 Å². The Morgan fingerprint density at radius 1 is 0.972 bits per heavy atom. The van der Waals surface area contributed by atoms with Gasteiger partial charge in [-0.25, -0.2) is 8.42 Å². The Morgan fingerprint density at radius 2 is 1.67 bits per heavy atom. The van der Waals surface area contributed by atoms with E-state index in [1.807, 2.05) is 37.7 Å². The molecule has 0 unspecified atom stereocenters. The van der Waals surface area contributed by atoms with Gasteiger partial charge in [0.15, 0.2) is 0 Å². The molecule has 3 rings (SSSR count). The molecule has 0 heterocycles. The Bertz CT molecular complexity index is 1240. The van der Waals surface area contributed by atoms with Crippen molar-refractivity contribution in [3.63, 3.8) is 0 Å². The number of hydrogen-bond acceptors (Lipinski definition) is 5. The Labute approximate surface area is 219 Å². The van der Waals surface area contributed by atoms with Crippen molar-refractivity contribution in [1.29, 1.82) is 0 Å². The molecule has 8 heteroatoms. The number of para-hydroxylation sites is 2. The van der Waals surface area contributed by atoms with E-state index in [1.54, 1.807) is 48.5 Å². The van der Waals surface area contributed by atoms with Gasteiger partial charge in [0.25, 0.3) is 10.0 Å². The van der Waals surface area contributed by atoms with E-state index < -0.39 is 10.0 Å². The van der Waals surface area contributed by atoms with Crippen LogP contribution in [0.4, 0.5) is 5.69 Å². The van der Waals surface area contributed by atoms with Crippen molar-refractivity contribution in [2.45, 2.75) is 37.8 Å². The van der Waals surface area contributed by atoms with Gasteiger partial charge in [0.2, 0.25) is 5.91 Å². The Balaban J connectivity index is 1.66. The minimum absolute atomic E-state index is 0.125. The third kappa shape index (κ3) is 7.51. The van der Waals surface area contributed by atoms with Gasteiger partial charge in [-0.1, -0.05) is 54.1 Å². The summed E-state index contributed by atoms with van der Waals surface area (Å²) in [6, 6.07) is 21.8. The number of aryl methyl sites for hydroxylation is 2. The molecule has 3 aromatic carbocycles. The molecule has 0 saturated carbocycles. The Hall–Kier alpha value is -2.97. The summed E-state index contributed by atoms with van der Waals surface area (Å²) in [6.45, 7) is 6.35. The van der Waals surface area contributed by atoms with Gasteiger partial charge in [0.05, 0.1) is 17.2 Å². The van der Waals surface area contributed by atoms with Crippen LogP contribution in [0, 0.1) is 13.8 Å². The normalized spacial score (nSPS) is 11.2. The first kappa shape index (κ1) is 27.6. The van der Waals surface area contributed by atoms with Gasteiger partial charge in [-0.05, 0) is 68.3 Å². The molecule has 0 bridgehead atoms. The van der Waals surface area contributed by atoms with Gasteiger partial charge in [0.1, 0.15) is 12.3 Å². The predicted molar refractivity (Wildman–Crippen MR) is 148 cm³/mol. The summed E-state index contributed by atoms with van der Waals surface area (Å²) in [5.41, 5.74) is 3.88. The molecule has 192 valence electrons. The molecule has 0 fully saturated rings. The molecule has 0 aliphatic rings. The largest absolute Gasteiger partial charge is 0.492 e. The second kappa shape index (κ2) is 13.4. The van der Waals surface area contributed by atoms with E-state index in [0.717, 1.165) is 27.8 Å². The molecule has 0 aliphatic heterocycles. The maximum atomic E-state index is 13.6. The number of nitrogens with one attached hydrogen (secondary N) is 1. The van der Waals surface area contributed by atoms with Crippen LogP contribution in [0.5, 0.6) is 5.75 Å². The molecule has 36 heavy (non-hydrogen) atoms. The van der Waals surface area contributed by atoms with Crippen LogP contribution in [0.1, 0.15) is 30.0 Å². The highest BCUT2D eigenvalue weighted by atomic mass is 32.2. The summed E-state index contributed by atoms with van der Waals surface area (Å²) in [6.07, 6.45) is 0.794. The lowest BCUT2D eigenvalue weighted by molar-refractivity contribution is -0.119. The summed E-state index contributed by atoms with van der Waals surface area (Å²) >= 11 is 1.82. The van der Waals surface area contributed by atoms with Crippen LogP contribution < -0.4 is 14.4 Å². The van der Waals surface area contributed by atoms with Crippen LogP contribution >= 0.6 is 11.8 Å².